The lowest BCUT2D eigenvalue weighted by Crippen LogP contribution is -2.31. The molecule has 0 aliphatic rings. The van der Waals surface area contributed by atoms with Crippen molar-refractivity contribution in [2.24, 2.45) is 0 Å². The van der Waals surface area contributed by atoms with Crippen molar-refractivity contribution in [1.29, 1.82) is 0 Å². The van der Waals surface area contributed by atoms with Crippen LogP contribution in [-0.4, -0.2) is 41.0 Å². The fraction of sp³-hybridized carbons (Fsp3) is 0.429. The van der Waals surface area contributed by atoms with E-state index in [0.29, 0.717) is 6.42 Å². The number of hydrogen-bond acceptors (Lipinski definition) is 6. The van der Waals surface area contributed by atoms with Crippen LogP contribution in [-0.2, 0) is 25.5 Å². The Hall–Kier alpha value is -2.08. The zero-order valence-electron chi connectivity index (χ0n) is 11.4. The zero-order valence-corrected chi connectivity index (χ0v) is 11.4. The number of rotatable bonds is 6. The molecule has 6 heteroatoms. The smallest absolute Gasteiger partial charge is 0.347 e. The van der Waals surface area contributed by atoms with E-state index in [1.54, 1.807) is 24.3 Å². The molecule has 110 valence electrons. The Morgan fingerprint density at radius 3 is 2.30 bits per heavy atom. The summed E-state index contributed by atoms with van der Waals surface area (Å²) in [5.41, 5.74) is 0.907. The quantitative estimate of drug-likeness (QED) is 0.749. The molecule has 20 heavy (non-hydrogen) atoms. The Labute approximate surface area is 116 Å². The van der Waals surface area contributed by atoms with Crippen molar-refractivity contribution in [1.82, 2.24) is 0 Å². The average molecular weight is 282 g/mol. The van der Waals surface area contributed by atoms with E-state index < -0.39 is 24.1 Å². The molecule has 0 spiro atoms. The third kappa shape index (κ3) is 5.27. The number of aromatic hydroxyl groups is 1. The summed E-state index contributed by atoms with van der Waals surface area (Å²) in [7, 11) is 0. The summed E-state index contributed by atoms with van der Waals surface area (Å²) in [6.45, 7) is 2.77. The van der Waals surface area contributed by atoms with E-state index in [1.165, 1.54) is 13.8 Å². The predicted molar refractivity (Wildman–Crippen MR) is 70.0 cm³/mol. The van der Waals surface area contributed by atoms with Gasteiger partial charge in [-0.25, -0.2) is 9.59 Å². The van der Waals surface area contributed by atoms with Crippen LogP contribution >= 0.6 is 0 Å². The third-order valence-corrected chi connectivity index (χ3v) is 2.54. The standard InChI is InChI=1S/C14H18O6/c1-9(15)13(17)20-10(2)14(18)19-8-7-11-3-5-12(16)6-4-11/h3-6,9-10,15-16H,7-8H2,1-2H3/t9-,10+/m1/s1. The molecule has 0 aromatic heterocycles. The molecule has 0 heterocycles. The van der Waals surface area contributed by atoms with E-state index >= 15 is 0 Å². The van der Waals surface area contributed by atoms with Gasteiger partial charge in [-0.2, -0.15) is 0 Å². The highest BCUT2D eigenvalue weighted by Crippen LogP contribution is 2.10. The zero-order chi connectivity index (χ0) is 15.1. The summed E-state index contributed by atoms with van der Waals surface area (Å²) in [6.07, 6.45) is -1.84. The van der Waals surface area contributed by atoms with Crippen molar-refractivity contribution in [2.45, 2.75) is 32.5 Å². The Morgan fingerprint density at radius 1 is 1.15 bits per heavy atom. The Kier molecular flexibility index (Phi) is 5.99. The molecule has 1 aromatic carbocycles. The van der Waals surface area contributed by atoms with E-state index in [4.69, 9.17) is 19.7 Å². The molecule has 0 bridgehead atoms. The minimum absolute atomic E-state index is 0.139. The van der Waals surface area contributed by atoms with Crippen molar-refractivity contribution in [3.63, 3.8) is 0 Å². The number of phenolic OH excluding ortho intramolecular Hbond substituents is 1. The Morgan fingerprint density at radius 2 is 1.75 bits per heavy atom. The van der Waals surface area contributed by atoms with Gasteiger partial charge in [0.1, 0.15) is 11.9 Å². The Bertz CT molecular complexity index is 451. The van der Waals surface area contributed by atoms with Gasteiger partial charge in [-0.1, -0.05) is 12.1 Å². The minimum atomic E-state index is -1.28. The maximum atomic E-state index is 11.5. The largest absolute Gasteiger partial charge is 0.508 e. The monoisotopic (exact) mass is 282 g/mol. The third-order valence-electron chi connectivity index (χ3n) is 2.54. The second kappa shape index (κ2) is 7.49. The molecular formula is C14H18O6. The van der Waals surface area contributed by atoms with E-state index in [9.17, 15) is 9.59 Å². The van der Waals surface area contributed by atoms with Gasteiger partial charge in [-0.3, -0.25) is 0 Å². The van der Waals surface area contributed by atoms with Crippen molar-refractivity contribution in [3.05, 3.63) is 29.8 Å². The van der Waals surface area contributed by atoms with Gasteiger partial charge in [0.05, 0.1) is 6.61 Å². The molecule has 0 amide bonds. The minimum Gasteiger partial charge on any atom is -0.508 e. The lowest BCUT2D eigenvalue weighted by Gasteiger charge is -2.13. The topological polar surface area (TPSA) is 93.1 Å². The van der Waals surface area contributed by atoms with Crippen LogP contribution in [0.1, 0.15) is 19.4 Å². The van der Waals surface area contributed by atoms with Gasteiger partial charge >= 0.3 is 11.9 Å². The molecule has 0 saturated heterocycles. The van der Waals surface area contributed by atoms with Crippen LogP contribution in [0.3, 0.4) is 0 Å². The van der Waals surface area contributed by atoms with Gasteiger partial charge < -0.3 is 19.7 Å². The fourth-order valence-corrected chi connectivity index (χ4v) is 1.37. The fourth-order valence-electron chi connectivity index (χ4n) is 1.37. The molecule has 0 aliphatic heterocycles. The Balaban J connectivity index is 2.32. The number of ether oxygens (including phenoxy) is 2. The summed E-state index contributed by atoms with van der Waals surface area (Å²) >= 11 is 0. The first-order chi connectivity index (χ1) is 9.40. The highest BCUT2D eigenvalue weighted by atomic mass is 16.6. The van der Waals surface area contributed by atoms with Gasteiger partial charge in [-0.15, -0.1) is 0 Å². The predicted octanol–water partition coefficient (Wildman–Crippen LogP) is 0.790. The van der Waals surface area contributed by atoms with Gasteiger partial charge in [0.2, 0.25) is 0 Å². The molecule has 0 radical (unpaired) electrons. The molecule has 6 nitrogen and oxygen atoms in total. The van der Waals surface area contributed by atoms with E-state index in [-0.39, 0.29) is 12.4 Å². The molecule has 0 fully saturated rings. The van der Waals surface area contributed by atoms with Crippen molar-refractivity contribution in [2.75, 3.05) is 6.61 Å². The van der Waals surface area contributed by atoms with Crippen LogP contribution < -0.4 is 0 Å². The first kappa shape index (κ1) is 16.0. The normalized spacial score (nSPS) is 13.3. The summed E-state index contributed by atoms with van der Waals surface area (Å²) < 4.78 is 9.65. The van der Waals surface area contributed by atoms with Gasteiger partial charge in [0, 0.05) is 6.42 Å². The van der Waals surface area contributed by atoms with Gasteiger partial charge in [0.25, 0.3) is 0 Å². The van der Waals surface area contributed by atoms with Gasteiger partial charge in [0.15, 0.2) is 6.10 Å². The molecule has 0 saturated carbocycles. The van der Waals surface area contributed by atoms with Crippen molar-refractivity contribution in [3.8, 4) is 5.75 Å². The maximum absolute atomic E-state index is 11.5. The number of aliphatic hydroxyl groups excluding tert-OH is 1. The summed E-state index contributed by atoms with van der Waals surface area (Å²) in [5.74, 6) is -1.37. The highest BCUT2D eigenvalue weighted by molar-refractivity contribution is 5.80. The molecule has 1 aromatic rings. The van der Waals surface area contributed by atoms with Gasteiger partial charge in [-0.05, 0) is 31.5 Å². The molecule has 2 N–H and O–H groups in total. The average Bonchev–Trinajstić information content (AvgIpc) is 2.40. The molecule has 1 rings (SSSR count). The van der Waals surface area contributed by atoms with Crippen molar-refractivity contribution < 1.29 is 29.3 Å². The van der Waals surface area contributed by atoms with Crippen LogP contribution in [0.5, 0.6) is 5.75 Å². The number of phenols is 1. The van der Waals surface area contributed by atoms with E-state index in [0.717, 1.165) is 5.56 Å². The number of aliphatic hydroxyl groups is 1. The molecule has 0 unspecified atom stereocenters. The maximum Gasteiger partial charge on any atom is 0.347 e. The van der Waals surface area contributed by atoms with Crippen molar-refractivity contribution >= 4 is 11.9 Å². The SMILES string of the molecule is C[C@H](OC(=O)[C@@H](C)O)C(=O)OCCc1ccc(O)cc1. The summed E-state index contributed by atoms with van der Waals surface area (Å²) in [5, 5.41) is 18.1. The first-order valence-corrected chi connectivity index (χ1v) is 6.23. The number of benzene rings is 1. The number of hydrogen-bond donors (Lipinski definition) is 2. The number of esters is 2. The second-order valence-electron chi connectivity index (χ2n) is 4.34. The molecule has 2 atom stereocenters. The van der Waals surface area contributed by atoms with Crippen LogP contribution in [0.2, 0.25) is 0 Å². The second-order valence-corrected chi connectivity index (χ2v) is 4.34. The van der Waals surface area contributed by atoms with E-state index in [2.05, 4.69) is 0 Å². The lowest BCUT2D eigenvalue weighted by atomic mass is 10.1. The number of carbonyl (C=O) groups excluding carboxylic acids is 2. The van der Waals surface area contributed by atoms with Crippen LogP contribution in [0.15, 0.2) is 24.3 Å². The van der Waals surface area contributed by atoms with E-state index in [1.807, 2.05) is 0 Å². The first-order valence-electron chi connectivity index (χ1n) is 6.23. The molecule has 0 aliphatic carbocycles. The lowest BCUT2D eigenvalue weighted by molar-refractivity contribution is -0.171. The summed E-state index contributed by atoms with van der Waals surface area (Å²) in [4.78, 5) is 22.6. The highest BCUT2D eigenvalue weighted by Gasteiger charge is 2.21. The summed E-state index contributed by atoms with van der Waals surface area (Å²) in [6, 6.07) is 6.54. The van der Waals surface area contributed by atoms with Crippen LogP contribution in [0, 0.1) is 0 Å². The number of carbonyl (C=O) groups is 2. The van der Waals surface area contributed by atoms with Crippen LogP contribution in [0.4, 0.5) is 0 Å². The molecular weight excluding hydrogens is 264 g/mol. The van der Waals surface area contributed by atoms with Crippen LogP contribution in [0.25, 0.3) is 0 Å².